The van der Waals surface area contributed by atoms with Crippen molar-refractivity contribution in [2.75, 3.05) is 33.3 Å². The van der Waals surface area contributed by atoms with Crippen molar-refractivity contribution in [1.82, 2.24) is 10.2 Å². The summed E-state index contributed by atoms with van der Waals surface area (Å²) in [6, 6.07) is 4.14. The third kappa shape index (κ3) is 3.32. The Morgan fingerprint density at radius 2 is 2.16 bits per heavy atom. The highest BCUT2D eigenvalue weighted by molar-refractivity contribution is 9.10. The van der Waals surface area contributed by atoms with Gasteiger partial charge in [-0.1, -0.05) is 6.07 Å². The highest BCUT2D eigenvalue weighted by atomic mass is 79.9. The lowest BCUT2D eigenvalue weighted by Crippen LogP contribution is -2.47. The summed E-state index contributed by atoms with van der Waals surface area (Å²) in [5.74, 6) is -0.659. The van der Waals surface area contributed by atoms with Crippen LogP contribution < -0.4 is 5.32 Å². The Kier molecular flexibility index (Phi) is 4.90. The SMILES string of the molecule is COC(=O)C(c1ccc(F)c(Br)c1)N1CCNCC1. The number of esters is 1. The number of hydrogen-bond donors (Lipinski definition) is 1. The minimum Gasteiger partial charge on any atom is -0.468 e. The van der Waals surface area contributed by atoms with E-state index in [2.05, 4.69) is 21.2 Å². The van der Waals surface area contributed by atoms with Gasteiger partial charge in [-0.15, -0.1) is 0 Å². The van der Waals surface area contributed by atoms with Crippen LogP contribution in [0.1, 0.15) is 11.6 Å². The normalized spacial score (nSPS) is 18.1. The van der Waals surface area contributed by atoms with E-state index in [0.29, 0.717) is 4.47 Å². The number of rotatable bonds is 3. The molecule has 0 spiro atoms. The maximum Gasteiger partial charge on any atom is 0.327 e. The van der Waals surface area contributed by atoms with Gasteiger partial charge in [0, 0.05) is 26.2 Å². The predicted octanol–water partition coefficient (Wildman–Crippen LogP) is 1.71. The van der Waals surface area contributed by atoms with Crippen molar-refractivity contribution >= 4 is 21.9 Å². The van der Waals surface area contributed by atoms with Crippen molar-refractivity contribution in [2.24, 2.45) is 0 Å². The van der Waals surface area contributed by atoms with Crippen LogP contribution in [0.4, 0.5) is 4.39 Å². The maximum absolute atomic E-state index is 13.3. The van der Waals surface area contributed by atoms with E-state index in [1.165, 1.54) is 13.2 Å². The van der Waals surface area contributed by atoms with Crippen LogP contribution in [0.5, 0.6) is 0 Å². The van der Waals surface area contributed by atoms with Crippen molar-refractivity contribution < 1.29 is 13.9 Å². The molecule has 1 aromatic rings. The first-order chi connectivity index (χ1) is 9.13. The lowest BCUT2D eigenvalue weighted by molar-refractivity contribution is -0.147. The highest BCUT2D eigenvalue weighted by Gasteiger charge is 2.29. The molecule has 0 bridgehead atoms. The Bertz CT molecular complexity index is 464. The van der Waals surface area contributed by atoms with Gasteiger partial charge in [-0.05, 0) is 33.6 Å². The molecule has 1 unspecified atom stereocenters. The summed E-state index contributed by atoms with van der Waals surface area (Å²) in [5.41, 5.74) is 0.738. The maximum atomic E-state index is 13.3. The summed E-state index contributed by atoms with van der Waals surface area (Å²) >= 11 is 3.15. The predicted molar refractivity (Wildman–Crippen MR) is 73.3 cm³/mol. The highest BCUT2D eigenvalue weighted by Crippen LogP contribution is 2.26. The van der Waals surface area contributed by atoms with Gasteiger partial charge in [-0.25, -0.2) is 9.18 Å². The molecule has 1 saturated heterocycles. The lowest BCUT2D eigenvalue weighted by atomic mass is 10.0. The van der Waals surface area contributed by atoms with Crippen LogP contribution in [0.2, 0.25) is 0 Å². The number of ether oxygens (including phenoxy) is 1. The van der Waals surface area contributed by atoms with E-state index in [-0.39, 0.29) is 11.8 Å². The third-order valence-corrected chi connectivity index (χ3v) is 3.81. The summed E-state index contributed by atoms with van der Waals surface area (Å²) in [6.07, 6.45) is 0. The fourth-order valence-electron chi connectivity index (χ4n) is 2.23. The number of nitrogens with one attached hydrogen (secondary N) is 1. The molecule has 2 rings (SSSR count). The quantitative estimate of drug-likeness (QED) is 0.857. The molecule has 1 aromatic carbocycles. The molecule has 1 aliphatic rings. The van der Waals surface area contributed by atoms with E-state index in [1.54, 1.807) is 12.1 Å². The van der Waals surface area contributed by atoms with Crippen molar-refractivity contribution in [1.29, 1.82) is 0 Å². The van der Waals surface area contributed by atoms with Gasteiger partial charge >= 0.3 is 5.97 Å². The van der Waals surface area contributed by atoms with E-state index >= 15 is 0 Å². The summed E-state index contributed by atoms with van der Waals surface area (Å²) in [5, 5.41) is 3.24. The number of benzene rings is 1. The molecule has 6 heteroatoms. The minimum atomic E-state index is -0.482. The fraction of sp³-hybridized carbons (Fsp3) is 0.462. The second kappa shape index (κ2) is 6.45. The van der Waals surface area contributed by atoms with E-state index in [4.69, 9.17) is 4.74 Å². The van der Waals surface area contributed by atoms with E-state index < -0.39 is 6.04 Å². The van der Waals surface area contributed by atoms with Crippen molar-refractivity contribution in [2.45, 2.75) is 6.04 Å². The Morgan fingerprint density at radius 3 is 2.74 bits per heavy atom. The van der Waals surface area contributed by atoms with Crippen LogP contribution in [-0.4, -0.2) is 44.2 Å². The summed E-state index contributed by atoms with van der Waals surface area (Å²) < 4.78 is 18.5. The molecule has 1 heterocycles. The monoisotopic (exact) mass is 330 g/mol. The number of hydrogen-bond acceptors (Lipinski definition) is 4. The van der Waals surface area contributed by atoms with E-state index in [1.807, 2.05) is 4.90 Å². The first kappa shape index (κ1) is 14.4. The average Bonchev–Trinajstić information content (AvgIpc) is 2.44. The van der Waals surface area contributed by atoms with Gasteiger partial charge in [0.1, 0.15) is 11.9 Å². The van der Waals surface area contributed by atoms with E-state index in [0.717, 1.165) is 31.7 Å². The van der Waals surface area contributed by atoms with Crippen LogP contribution >= 0.6 is 15.9 Å². The molecule has 1 N–H and O–H groups in total. The summed E-state index contributed by atoms with van der Waals surface area (Å²) in [7, 11) is 1.37. The van der Waals surface area contributed by atoms with Gasteiger partial charge in [0.15, 0.2) is 0 Å². The zero-order valence-corrected chi connectivity index (χ0v) is 12.2. The number of carbonyl (C=O) groups is 1. The molecule has 0 radical (unpaired) electrons. The Hall–Kier alpha value is -0.980. The smallest absolute Gasteiger partial charge is 0.327 e. The summed E-state index contributed by atoms with van der Waals surface area (Å²) in [4.78, 5) is 14.1. The van der Waals surface area contributed by atoms with Gasteiger partial charge < -0.3 is 10.1 Å². The first-order valence-corrected chi connectivity index (χ1v) is 6.90. The lowest BCUT2D eigenvalue weighted by Gasteiger charge is -2.33. The van der Waals surface area contributed by atoms with Crippen LogP contribution in [0.15, 0.2) is 22.7 Å². The number of methoxy groups -OCH3 is 1. The molecule has 1 aliphatic heterocycles. The zero-order chi connectivity index (χ0) is 13.8. The molecule has 0 saturated carbocycles. The standard InChI is InChI=1S/C13H16BrFN2O2/c1-19-13(18)12(17-6-4-16-5-7-17)9-2-3-11(15)10(14)8-9/h2-3,8,12,16H,4-7H2,1H3. The number of piperazine rings is 1. The van der Waals surface area contributed by atoms with Gasteiger partial charge in [0.05, 0.1) is 11.6 Å². The Morgan fingerprint density at radius 1 is 1.47 bits per heavy atom. The minimum absolute atomic E-state index is 0.319. The van der Waals surface area contributed by atoms with Crippen molar-refractivity contribution in [3.05, 3.63) is 34.1 Å². The molecule has 0 aliphatic carbocycles. The second-order valence-corrected chi connectivity index (χ2v) is 5.24. The Balaban J connectivity index is 2.30. The molecule has 1 fully saturated rings. The summed E-state index contributed by atoms with van der Waals surface area (Å²) in [6.45, 7) is 3.18. The van der Waals surface area contributed by atoms with Crippen LogP contribution in [0.25, 0.3) is 0 Å². The average molecular weight is 331 g/mol. The Labute approximate surface area is 120 Å². The van der Waals surface area contributed by atoms with Gasteiger partial charge in [-0.3, -0.25) is 4.90 Å². The molecule has 1 atom stereocenters. The first-order valence-electron chi connectivity index (χ1n) is 6.11. The zero-order valence-electron chi connectivity index (χ0n) is 10.7. The number of carbonyl (C=O) groups excluding carboxylic acids is 1. The number of nitrogens with zero attached hydrogens (tertiary/aromatic N) is 1. The van der Waals surface area contributed by atoms with Crippen LogP contribution in [0.3, 0.4) is 0 Å². The number of halogens is 2. The van der Waals surface area contributed by atoms with Crippen LogP contribution in [-0.2, 0) is 9.53 Å². The van der Waals surface area contributed by atoms with Crippen molar-refractivity contribution in [3.63, 3.8) is 0 Å². The van der Waals surface area contributed by atoms with Gasteiger partial charge in [0.25, 0.3) is 0 Å². The third-order valence-electron chi connectivity index (χ3n) is 3.20. The molecule has 4 nitrogen and oxygen atoms in total. The van der Waals surface area contributed by atoms with Crippen molar-refractivity contribution in [3.8, 4) is 0 Å². The fourth-order valence-corrected chi connectivity index (χ4v) is 2.63. The van der Waals surface area contributed by atoms with Crippen LogP contribution in [0, 0.1) is 5.82 Å². The molecule has 104 valence electrons. The molecule has 0 amide bonds. The molecular weight excluding hydrogens is 315 g/mol. The largest absolute Gasteiger partial charge is 0.468 e. The topological polar surface area (TPSA) is 41.6 Å². The van der Waals surface area contributed by atoms with Gasteiger partial charge in [0.2, 0.25) is 0 Å². The second-order valence-electron chi connectivity index (χ2n) is 4.39. The van der Waals surface area contributed by atoms with E-state index in [9.17, 15) is 9.18 Å². The van der Waals surface area contributed by atoms with Gasteiger partial charge in [-0.2, -0.15) is 0 Å². The molecule has 0 aromatic heterocycles. The molecule has 19 heavy (non-hydrogen) atoms. The molecular formula is C13H16BrFN2O2.